The van der Waals surface area contributed by atoms with E-state index in [1.165, 1.54) is 39.5 Å². The fourth-order valence-corrected chi connectivity index (χ4v) is 3.15. The number of benzene rings is 2. The predicted octanol–water partition coefficient (Wildman–Crippen LogP) is 2.84. The molecular formula is C20H14N4O5. The smallest absolute Gasteiger partial charge is 0.335 e. The average Bonchev–Trinajstić information content (AvgIpc) is 3.00. The highest BCUT2D eigenvalue weighted by molar-refractivity contribution is 5.87. The van der Waals surface area contributed by atoms with E-state index in [9.17, 15) is 19.7 Å². The number of carboxylic acids is 1. The number of imidazole rings is 1. The fraction of sp³-hybridized carbons (Fsp3) is 0.0500. The molecular weight excluding hydrogens is 376 g/mol. The first-order valence-electron chi connectivity index (χ1n) is 8.59. The lowest BCUT2D eigenvalue weighted by Crippen LogP contribution is -2.23. The van der Waals surface area contributed by atoms with Gasteiger partial charge in [0.2, 0.25) is 0 Å². The van der Waals surface area contributed by atoms with Crippen molar-refractivity contribution in [2.75, 3.05) is 0 Å². The molecule has 0 aliphatic rings. The Bertz CT molecular complexity index is 1300. The molecule has 0 atom stereocenters. The minimum absolute atomic E-state index is 0.129. The molecule has 0 unspecified atom stereocenters. The number of carboxylic acid groups (broad SMARTS) is 1. The van der Waals surface area contributed by atoms with Gasteiger partial charge in [0.15, 0.2) is 5.65 Å². The normalized spacial score (nSPS) is 10.9. The first-order valence-corrected chi connectivity index (χ1v) is 8.59. The minimum atomic E-state index is -1.03. The van der Waals surface area contributed by atoms with Gasteiger partial charge in [-0.2, -0.15) is 0 Å². The van der Waals surface area contributed by atoms with E-state index < -0.39 is 16.6 Å². The number of fused-ring (bicyclic) bond motifs is 1. The van der Waals surface area contributed by atoms with Crippen LogP contribution in [0.4, 0.5) is 5.69 Å². The van der Waals surface area contributed by atoms with Crippen molar-refractivity contribution in [2.24, 2.45) is 0 Å². The van der Waals surface area contributed by atoms with Crippen molar-refractivity contribution in [3.8, 4) is 5.69 Å². The van der Waals surface area contributed by atoms with Crippen molar-refractivity contribution in [3.05, 3.63) is 98.6 Å². The summed E-state index contributed by atoms with van der Waals surface area (Å²) >= 11 is 0. The second-order valence-corrected chi connectivity index (χ2v) is 6.33. The highest BCUT2D eigenvalue weighted by atomic mass is 16.6. The number of nitro benzene ring substituents is 1. The SMILES string of the molecule is O=C(O)c1ccc(Cn2c(=O)n(-c3cccc([N+](=O)[O-])c3)c3ncccc32)cc1. The number of hydrogen-bond acceptors (Lipinski definition) is 5. The summed E-state index contributed by atoms with van der Waals surface area (Å²) in [7, 11) is 0. The van der Waals surface area contributed by atoms with Crippen molar-refractivity contribution in [1.82, 2.24) is 14.1 Å². The van der Waals surface area contributed by atoms with Crippen LogP contribution in [0.15, 0.2) is 71.7 Å². The van der Waals surface area contributed by atoms with E-state index in [-0.39, 0.29) is 17.8 Å². The van der Waals surface area contributed by atoms with Crippen molar-refractivity contribution < 1.29 is 14.8 Å². The monoisotopic (exact) mass is 390 g/mol. The number of hydrogen-bond donors (Lipinski definition) is 1. The van der Waals surface area contributed by atoms with Gasteiger partial charge in [-0.25, -0.2) is 19.1 Å². The van der Waals surface area contributed by atoms with Gasteiger partial charge in [0.1, 0.15) is 0 Å². The Balaban J connectivity index is 1.85. The number of aromatic carboxylic acids is 1. The van der Waals surface area contributed by atoms with Gasteiger partial charge in [-0.1, -0.05) is 18.2 Å². The standard InChI is InChI=1S/C20H14N4O5/c25-19(26)14-8-6-13(7-9-14)12-22-17-5-2-10-21-18(17)23(20(22)27)15-3-1-4-16(11-15)24(28)29/h1-11H,12H2,(H,25,26). The fourth-order valence-electron chi connectivity index (χ4n) is 3.15. The van der Waals surface area contributed by atoms with Crippen molar-refractivity contribution in [2.45, 2.75) is 6.54 Å². The van der Waals surface area contributed by atoms with Gasteiger partial charge in [0.05, 0.1) is 28.2 Å². The van der Waals surface area contributed by atoms with Crippen molar-refractivity contribution in [3.63, 3.8) is 0 Å². The van der Waals surface area contributed by atoms with Crippen LogP contribution in [-0.2, 0) is 6.54 Å². The molecule has 2 aromatic carbocycles. The van der Waals surface area contributed by atoms with Crippen molar-refractivity contribution >= 4 is 22.8 Å². The summed E-state index contributed by atoms with van der Waals surface area (Å²) in [5.41, 5.74) is 1.64. The molecule has 29 heavy (non-hydrogen) atoms. The van der Waals surface area contributed by atoms with E-state index in [1.807, 2.05) is 0 Å². The molecule has 144 valence electrons. The van der Waals surface area contributed by atoms with E-state index in [1.54, 1.807) is 36.5 Å². The Kier molecular flexibility index (Phi) is 4.40. The number of nitrogens with zero attached hydrogens (tertiary/aromatic N) is 4. The topological polar surface area (TPSA) is 120 Å². The zero-order chi connectivity index (χ0) is 20.5. The summed E-state index contributed by atoms with van der Waals surface area (Å²) in [5.74, 6) is -1.03. The Labute approximate surface area is 163 Å². The van der Waals surface area contributed by atoms with E-state index in [2.05, 4.69) is 4.98 Å². The number of rotatable bonds is 5. The number of pyridine rings is 1. The van der Waals surface area contributed by atoms with Crippen LogP contribution in [-0.4, -0.2) is 30.1 Å². The molecule has 9 nitrogen and oxygen atoms in total. The van der Waals surface area contributed by atoms with Gasteiger partial charge < -0.3 is 5.11 Å². The maximum atomic E-state index is 13.2. The molecule has 0 bridgehead atoms. The van der Waals surface area contributed by atoms with E-state index in [4.69, 9.17) is 5.11 Å². The summed E-state index contributed by atoms with van der Waals surface area (Å²) in [6.45, 7) is 0.197. The third-order valence-corrected chi connectivity index (χ3v) is 4.53. The molecule has 0 amide bonds. The lowest BCUT2D eigenvalue weighted by atomic mass is 10.1. The Hall–Kier alpha value is -4.27. The molecule has 0 saturated carbocycles. The summed E-state index contributed by atoms with van der Waals surface area (Å²) < 4.78 is 2.82. The molecule has 0 aliphatic carbocycles. The summed E-state index contributed by atoms with van der Waals surface area (Å²) in [6, 6.07) is 15.5. The lowest BCUT2D eigenvalue weighted by molar-refractivity contribution is -0.384. The van der Waals surface area contributed by atoms with Crippen LogP contribution < -0.4 is 5.69 Å². The number of aromatic nitrogens is 3. The van der Waals surface area contributed by atoms with E-state index >= 15 is 0 Å². The van der Waals surface area contributed by atoms with Crippen LogP contribution in [0.25, 0.3) is 16.9 Å². The Morgan fingerprint density at radius 3 is 2.55 bits per heavy atom. The van der Waals surface area contributed by atoms with E-state index in [0.717, 1.165) is 5.56 Å². The summed E-state index contributed by atoms with van der Waals surface area (Å²) in [6.07, 6.45) is 1.54. The molecule has 4 rings (SSSR count). The van der Waals surface area contributed by atoms with Crippen LogP contribution in [0.3, 0.4) is 0 Å². The first-order chi connectivity index (χ1) is 14.0. The zero-order valence-electron chi connectivity index (χ0n) is 14.9. The number of carbonyl (C=O) groups is 1. The largest absolute Gasteiger partial charge is 0.478 e. The van der Waals surface area contributed by atoms with Crippen LogP contribution >= 0.6 is 0 Å². The molecule has 9 heteroatoms. The first kappa shape index (κ1) is 18.1. The summed E-state index contributed by atoms with van der Waals surface area (Å²) in [5, 5.41) is 20.1. The van der Waals surface area contributed by atoms with Gasteiger partial charge in [0, 0.05) is 18.3 Å². The second-order valence-electron chi connectivity index (χ2n) is 6.33. The zero-order valence-corrected chi connectivity index (χ0v) is 14.9. The quantitative estimate of drug-likeness (QED) is 0.413. The Morgan fingerprint density at radius 1 is 1.10 bits per heavy atom. The van der Waals surface area contributed by atoms with Crippen molar-refractivity contribution in [1.29, 1.82) is 0 Å². The third-order valence-electron chi connectivity index (χ3n) is 4.53. The van der Waals surface area contributed by atoms with Gasteiger partial charge in [-0.05, 0) is 35.9 Å². The van der Waals surface area contributed by atoms with Crippen LogP contribution in [0.5, 0.6) is 0 Å². The number of nitro groups is 1. The van der Waals surface area contributed by atoms with Crippen LogP contribution in [0.1, 0.15) is 15.9 Å². The molecule has 0 radical (unpaired) electrons. The Morgan fingerprint density at radius 2 is 1.86 bits per heavy atom. The van der Waals surface area contributed by atoms with E-state index in [0.29, 0.717) is 16.9 Å². The summed E-state index contributed by atoms with van der Waals surface area (Å²) in [4.78, 5) is 39.1. The van der Waals surface area contributed by atoms with Gasteiger partial charge in [-0.3, -0.25) is 14.7 Å². The molecule has 0 fully saturated rings. The van der Waals surface area contributed by atoms with Gasteiger partial charge in [-0.15, -0.1) is 0 Å². The molecule has 2 aromatic heterocycles. The number of non-ortho nitro benzene ring substituents is 1. The molecule has 0 spiro atoms. The average molecular weight is 390 g/mol. The molecule has 1 N–H and O–H groups in total. The second kappa shape index (κ2) is 7.04. The van der Waals surface area contributed by atoms with Crippen LogP contribution in [0.2, 0.25) is 0 Å². The predicted molar refractivity (Wildman–Crippen MR) is 104 cm³/mol. The maximum absolute atomic E-state index is 13.2. The third kappa shape index (κ3) is 3.25. The maximum Gasteiger partial charge on any atom is 0.335 e. The minimum Gasteiger partial charge on any atom is -0.478 e. The highest BCUT2D eigenvalue weighted by Gasteiger charge is 2.17. The molecule has 0 saturated heterocycles. The van der Waals surface area contributed by atoms with Gasteiger partial charge in [0.25, 0.3) is 5.69 Å². The molecule has 4 aromatic rings. The molecule has 0 aliphatic heterocycles. The highest BCUT2D eigenvalue weighted by Crippen LogP contribution is 2.20. The van der Waals surface area contributed by atoms with Gasteiger partial charge >= 0.3 is 11.7 Å². The van der Waals surface area contributed by atoms with Crippen LogP contribution in [0, 0.1) is 10.1 Å². The lowest BCUT2D eigenvalue weighted by Gasteiger charge is -2.04. The molecule has 2 heterocycles.